The van der Waals surface area contributed by atoms with Crippen LogP contribution < -0.4 is 9.64 Å². The van der Waals surface area contributed by atoms with Crippen molar-refractivity contribution in [3.8, 4) is 11.5 Å². The van der Waals surface area contributed by atoms with Gasteiger partial charge in [-0.3, -0.25) is 0 Å². The van der Waals surface area contributed by atoms with E-state index < -0.39 is 0 Å². The van der Waals surface area contributed by atoms with Gasteiger partial charge in [0.1, 0.15) is 5.75 Å². The normalized spacial score (nSPS) is 10.3. The highest BCUT2D eigenvalue weighted by Gasteiger charge is 2.11. The number of benzene rings is 2. The fourth-order valence-corrected chi connectivity index (χ4v) is 2.01. The highest BCUT2D eigenvalue weighted by molar-refractivity contribution is 5.59. The van der Waals surface area contributed by atoms with E-state index in [2.05, 4.69) is 0 Å². The molecule has 0 spiro atoms. The number of nitrogens with zero attached hydrogens (tertiary/aromatic N) is 1. The van der Waals surface area contributed by atoms with Gasteiger partial charge in [0.25, 0.3) is 0 Å². The van der Waals surface area contributed by atoms with Gasteiger partial charge < -0.3 is 19.8 Å². The van der Waals surface area contributed by atoms with Crippen molar-refractivity contribution in [1.82, 2.24) is 0 Å². The van der Waals surface area contributed by atoms with E-state index >= 15 is 0 Å². The van der Waals surface area contributed by atoms with Crippen LogP contribution >= 0.6 is 0 Å². The van der Waals surface area contributed by atoms with E-state index in [4.69, 9.17) is 14.9 Å². The maximum atomic E-state index is 9.14. The Balaban J connectivity index is 2.24. The van der Waals surface area contributed by atoms with Crippen LogP contribution in [0.2, 0.25) is 0 Å². The van der Waals surface area contributed by atoms with Crippen molar-refractivity contribution in [2.45, 2.75) is 0 Å². The number of hydrogen-bond donors (Lipinski definition) is 2. The lowest BCUT2D eigenvalue weighted by atomic mass is 10.2. The third-order valence-electron chi connectivity index (χ3n) is 2.92. The first-order valence-corrected chi connectivity index (χ1v) is 6.63. The van der Waals surface area contributed by atoms with Gasteiger partial charge in [-0.15, -0.1) is 0 Å². The predicted molar refractivity (Wildman–Crippen MR) is 79.3 cm³/mol. The van der Waals surface area contributed by atoms with E-state index in [1.165, 1.54) is 0 Å². The van der Waals surface area contributed by atoms with Crippen molar-refractivity contribution in [3.63, 3.8) is 0 Å². The van der Waals surface area contributed by atoms with Gasteiger partial charge in [-0.05, 0) is 24.3 Å². The van der Waals surface area contributed by atoms with E-state index in [0.717, 1.165) is 11.4 Å². The molecule has 0 fully saturated rings. The molecule has 2 N–H and O–H groups in total. The molecular formula is C16H19NO3. The van der Waals surface area contributed by atoms with Crippen LogP contribution in [-0.4, -0.2) is 36.5 Å². The van der Waals surface area contributed by atoms with E-state index in [1.54, 1.807) is 0 Å². The summed E-state index contributed by atoms with van der Waals surface area (Å²) in [7, 11) is 0. The van der Waals surface area contributed by atoms with Crippen LogP contribution in [0.5, 0.6) is 11.5 Å². The Morgan fingerprint density at radius 1 is 0.800 bits per heavy atom. The van der Waals surface area contributed by atoms with Crippen LogP contribution in [-0.2, 0) is 0 Å². The molecule has 0 amide bonds. The quantitative estimate of drug-likeness (QED) is 0.812. The van der Waals surface area contributed by atoms with Crippen LogP contribution in [0.3, 0.4) is 0 Å². The lowest BCUT2D eigenvalue weighted by Gasteiger charge is -2.25. The fourth-order valence-electron chi connectivity index (χ4n) is 2.01. The molecule has 2 aromatic rings. The minimum absolute atomic E-state index is 0.0275. The van der Waals surface area contributed by atoms with Gasteiger partial charge in [-0.1, -0.05) is 30.3 Å². The average Bonchev–Trinajstić information content (AvgIpc) is 2.49. The minimum atomic E-state index is 0.0275. The molecule has 0 aliphatic heterocycles. The first kappa shape index (κ1) is 14.4. The predicted octanol–water partition coefficient (Wildman–Crippen LogP) is 2.27. The Bertz CT molecular complexity index is 510. The minimum Gasteiger partial charge on any atom is -0.455 e. The summed E-state index contributed by atoms with van der Waals surface area (Å²) in [6, 6.07) is 17.1. The molecule has 0 atom stereocenters. The average molecular weight is 273 g/mol. The molecule has 0 saturated heterocycles. The summed E-state index contributed by atoms with van der Waals surface area (Å²) in [5.41, 5.74) is 0.861. The van der Waals surface area contributed by atoms with Gasteiger partial charge in [0.05, 0.1) is 18.9 Å². The number of hydrogen-bond acceptors (Lipinski definition) is 4. The summed E-state index contributed by atoms with van der Waals surface area (Å²) in [5, 5.41) is 18.3. The maximum Gasteiger partial charge on any atom is 0.150 e. The van der Waals surface area contributed by atoms with Crippen molar-refractivity contribution < 1.29 is 14.9 Å². The highest BCUT2D eigenvalue weighted by Crippen LogP contribution is 2.31. The molecule has 0 radical (unpaired) electrons. The number of aliphatic hydroxyl groups excluding tert-OH is 2. The zero-order valence-corrected chi connectivity index (χ0v) is 11.3. The van der Waals surface area contributed by atoms with E-state index in [0.29, 0.717) is 18.8 Å². The van der Waals surface area contributed by atoms with Crippen LogP contribution in [0.15, 0.2) is 54.6 Å². The summed E-state index contributed by atoms with van der Waals surface area (Å²) >= 11 is 0. The van der Waals surface area contributed by atoms with Crippen molar-refractivity contribution in [3.05, 3.63) is 54.6 Å². The number of ether oxygens (including phenoxy) is 1. The van der Waals surface area contributed by atoms with Crippen molar-refractivity contribution in [2.24, 2.45) is 0 Å². The Hall–Kier alpha value is -2.04. The lowest BCUT2D eigenvalue weighted by Crippen LogP contribution is -2.29. The molecular weight excluding hydrogens is 254 g/mol. The molecule has 0 aliphatic carbocycles. The Morgan fingerprint density at radius 3 is 2.05 bits per heavy atom. The maximum absolute atomic E-state index is 9.14. The van der Waals surface area contributed by atoms with E-state index in [1.807, 2.05) is 59.5 Å². The van der Waals surface area contributed by atoms with Crippen molar-refractivity contribution in [2.75, 3.05) is 31.2 Å². The van der Waals surface area contributed by atoms with E-state index in [-0.39, 0.29) is 13.2 Å². The van der Waals surface area contributed by atoms with Crippen molar-refractivity contribution in [1.29, 1.82) is 0 Å². The van der Waals surface area contributed by atoms with Crippen LogP contribution in [0.25, 0.3) is 0 Å². The summed E-state index contributed by atoms with van der Waals surface area (Å²) in [4.78, 5) is 1.90. The molecule has 0 heterocycles. The third-order valence-corrected chi connectivity index (χ3v) is 2.92. The lowest BCUT2D eigenvalue weighted by molar-refractivity contribution is 0.280. The molecule has 106 valence electrons. The monoisotopic (exact) mass is 273 g/mol. The molecule has 0 aliphatic rings. The number of aliphatic hydroxyl groups is 2. The molecule has 4 heteroatoms. The molecule has 2 aromatic carbocycles. The molecule has 2 rings (SSSR count). The second-order valence-corrected chi connectivity index (χ2v) is 4.32. The highest BCUT2D eigenvalue weighted by atomic mass is 16.5. The first-order valence-electron chi connectivity index (χ1n) is 6.63. The van der Waals surface area contributed by atoms with Gasteiger partial charge in [-0.25, -0.2) is 0 Å². The fraction of sp³-hybridized carbons (Fsp3) is 0.250. The van der Waals surface area contributed by atoms with Gasteiger partial charge in [-0.2, -0.15) is 0 Å². The molecule has 0 bridgehead atoms. The molecule has 0 saturated carbocycles. The number of anilines is 1. The number of rotatable bonds is 7. The summed E-state index contributed by atoms with van der Waals surface area (Å²) in [6.45, 7) is 0.963. The van der Waals surface area contributed by atoms with Crippen LogP contribution in [0.4, 0.5) is 5.69 Å². The second-order valence-electron chi connectivity index (χ2n) is 4.32. The second kappa shape index (κ2) is 7.53. The molecule has 0 aromatic heterocycles. The Morgan fingerprint density at radius 2 is 1.40 bits per heavy atom. The molecule has 4 nitrogen and oxygen atoms in total. The smallest absolute Gasteiger partial charge is 0.150 e. The standard InChI is InChI=1S/C16H19NO3/c18-12-10-17(11-13-19)15-8-4-5-9-16(15)20-14-6-2-1-3-7-14/h1-9,18-19H,10-13H2. The van der Waals surface area contributed by atoms with Crippen LogP contribution in [0.1, 0.15) is 0 Å². The van der Waals surface area contributed by atoms with Gasteiger partial charge in [0, 0.05) is 13.1 Å². The Kier molecular flexibility index (Phi) is 5.41. The van der Waals surface area contributed by atoms with Crippen molar-refractivity contribution >= 4 is 5.69 Å². The summed E-state index contributed by atoms with van der Waals surface area (Å²) < 4.78 is 5.88. The summed E-state index contributed by atoms with van der Waals surface area (Å²) in [5.74, 6) is 1.47. The van der Waals surface area contributed by atoms with Crippen LogP contribution in [0, 0.1) is 0 Å². The zero-order chi connectivity index (χ0) is 14.2. The number of para-hydroxylation sites is 3. The summed E-state index contributed by atoms with van der Waals surface area (Å²) in [6.07, 6.45) is 0. The Labute approximate surface area is 118 Å². The topological polar surface area (TPSA) is 52.9 Å². The zero-order valence-electron chi connectivity index (χ0n) is 11.3. The SMILES string of the molecule is OCCN(CCO)c1ccccc1Oc1ccccc1. The molecule has 20 heavy (non-hydrogen) atoms. The van der Waals surface area contributed by atoms with Gasteiger partial charge in [0.2, 0.25) is 0 Å². The third kappa shape index (κ3) is 3.73. The van der Waals surface area contributed by atoms with Gasteiger partial charge >= 0.3 is 0 Å². The van der Waals surface area contributed by atoms with Gasteiger partial charge in [0.15, 0.2) is 5.75 Å². The van der Waals surface area contributed by atoms with E-state index in [9.17, 15) is 0 Å². The molecule has 0 unspecified atom stereocenters. The first-order chi connectivity index (χ1) is 9.85. The largest absolute Gasteiger partial charge is 0.455 e.